The van der Waals surface area contributed by atoms with Crippen molar-refractivity contribution < 1.29 is 14.3 Å². The van der Waals surface area contributed by atoms with E-state index in [0.717, 1.165) is 11.3 Å². The molecule has 3 rings (SSSR count). The zero-order valence-corrected chi connectivity index (χ0v) is 17.8. The van der Waals surface area contributed by atoms with E-state index in [4.69, 9.17) is 9.47 Å². The van der Waals surface area contributed by atoms with E-state index >= 15 is 0 Å². The standard InChI is InChI=1S/C22H25N3O3S/c1-14(2)15(3)23-21(26)17-8-6-10-19(13-17)28-22-24-20(25-29-22)12-16-7-5-9-18(11-16)27-4/h5-11,13-15H,12H2,1-4H3,(H,23,26)/t15-/m0/s1. The molecule has 1 atom stereocenters. The van der Waals surface area contributed by atoms with Gasteiger partial charge in [-0.15, -0.1) is 0 Å². The van der Waals surface area contributed by atoms with Gasteiger partial charge in [0.15, 0.2) is 5.82 Å². The first-order chi connectivity index (χ1) is 13.9. The summed E-state index contributed by atoms with van der Waals surface area (Å²) < 4.78 is 15.4. The summed E-state index contributed by atoms with van der Waals surface area (Å²) in [5, 5.41) is 3.44. The highest BCUT2D eigenvalue weighted by Crippen LogP contribution is 2.25. The number of methoxy groups -OCH3 is 1. The fraction of sp³-hybridized carbons (Fsp3) is 0.318. The molecule has 0 bridgehead atoms. The second-order valence-electron chi connectivity index (χ2n) is 7.14. The van der Waals surface area contributed by atoms with Gasteiger partial charge in [0.1, 0.15) is 11.5 Å². The van der Waals surface area contributed by atoms with Gasteiger partial charge in [-0.3, -0.25) is 4.79 Å². The molecule has 0 aliphatic carbocycles. The lowest BCUT2D eigenvalue weighted by Crippen LogP contribution is -2.36. The van der Waals surface area contributed by atoms with E-state index in [0.29, 0.717) is 34.7 Å². The highest BCUT2D eigenvalue weighted by atomic mass is 32.1. The molecule has 1 amide bonds. The normalized spacial score (nSPS) is 11.9. The molecule has 1 N–H and O–H groups in total. The van der Waals surface area contributed by atoms with E-state index in [1.807, 2.05) is 31.2 Å². The Morgan fingerprint density at radius 3 is 2.62 bits per heavy atom. The lowest BCUT2D eigenvalue weighted by molar-refractivity contribution is 0.0930. The molecular formula is C22H25N3O3S. The Morgan fingerprint density at radius 1 is 1.10 bits per heavy atom. The van der Waals surface area contributed by atoms with Gasteiger partial charge in [0.05, 0.1) is 7.11 Å². The lowest BCUT2D eigenvalue weighted by atomic mass is 10.1. The van der Waals surface area contributed by atoms with E-state index in [1.165, 1.54) is 11.5 Å². The molecule has 2 aromatic carbocycles. The van der Waals surface area contributed by atoms with E-state index in [1.54, 1.807) is 31.4 Å². The number of aromatic nitrogens is 2. The number of ether oxygens (including phenoxy) is 2. The summed E-state index contributed by atoms with van der Waals surface area (Å²) in [7, 11) is 1.64. The van der Waals surface area contributed by atoms with Crippen LogP contribution in [0.5, 0.6) is 16.7 Å². The molecule has 0 aliphatic heterocycles. The smallest absolute Gasteiger partial charge is 0.298 e. The van der Waals surface area contributed by atoms with Crippen molar-refractivity contribution >= 4 is 17.4 Å². The van der Waals surface area contributed by atoms with E-state index in [-0.39, 0.29) is 11.9 Å². The molecule has 1 aromatic heterocycles. The molecule has 3 aromatic rings. The average molecular weight is 412 g/mol. The molecule has 1 heterocycles. The second kappa shape index (κ2) is 9.52. The van der Waals surface area contributed by atoms with Gasteiger partial charge in [-0.05, 0) is 48.7 Å². The highest BCUT2D eigenvalue weighted by molar-refractivity contribution is 7.07. The summed E-state index contributed by atoms with van der Waals surface area (Å²) in [4.78, 5) is 16.9. The van der Waals surface area contributed by atoms with Gasteiger partial charge in [-0.2, -0.15) is 9.36 Å². The minimum Gasteiger partial charge on any atom is -0.497 e. The van der Waals surface area contributed by atoms with Crippen LogP contribution in [0.4, 0.5) is 0 Å². The largest absolute Gasteiger partial charge is 0.497 e. The molecule has 0 unspecified atom stereocenters. The first-order valence-electron chi connectivity index (χ1n) is 9.49. The van der Waals surface area contributed by atoms with E-state index in [2.05, 4.69) is 28.5 Å². The SMILES string of the molecule is COc1cccc(Cc2nsc(Oc3cccc(C(=O)N[C@@H](C)C(C)C)c3)n2)c1. The average Bonchev–Trinajstić information content (AvgIpc) is 3.14. The monoisotopic (exact) mass is 411 g/mol. The predicted molar refractivity (Wildman–Crippen MR) is 114 cm³/mol. The van der Waals surface area contributed by atoms with Gasteiger partial charge >= 0.3 is 0 Å². The Bertz CT molecular complexity index is 971. The fourth-order valence-electron chi connectivity index (χ4n) is 2.57. The summed E-state index contributed by atoms with van der Waals surface area (Å²) in [6.45, 7) is 6.14. The summed E-state index contributed by atoms with van der Waals surface area (Å²) >= 11 is 1.19. The number of hydrogen-bond donors (Lipinski definition) is 1. The quantitative estimate of drug-likeness (QED) is 0.581. The molecule has 29 heavy (non-hydrogen) atoms. The molecule has 0 saturated heterocycles. The number of amides is 1. The summed E-state index contributed by atoms with van der Waals surface area (Å²) in [6.07, 6.45) is 0.590. The van der Waals surface area contributed by atoms with Crippen LogP contribution in [0, 0.1) is 5.92 Å². The Labute approximate surface area is 175 Å². The zero-order valence-electron chi connectivity index (χ0n) is 17.0. The second-order valence-corrected chi connectivity index (χ2v) is 7.86. The van der Waals surface area contributed by atoms with Gasteiger partial charge in [-0.25, -0.2) is 0 Å². The van der Waals surface area contributed by atoms with Crippen molar-refractivity contribution in [3.8, 4) is 16.7 Å². The van der Waals surface area contributed by atoms with Crippen molar-refractivity contribution in [3.63, 3.8) is 0 Å². The lowest BCUT2D eigenvalue weighted by Gasteiger charge is -2.17. The number of hydrogen-bond acceptors (Lipinski definition) is 6. The Kier molecular flexibility index (Phi) is 6.82. The van der Waals surface area contributed by atoms with Crippen LogP contribution in [0.1, 0.15) is 42.5 Å². The first-order valence-corrected chi connectivity index (χ1v) is 10.3. The van der Waals surface area contributed by atoms with Crippen LogP contribution >= 0.6 is 11.5 Å². The van der Waals surface area contributed by atoms with Gasteiger partial charge in [0.25, 0.3) is 11.1 Å². The van der Waals surface area contributed by atoms with Crippen molar-refractivity contribution in [2.75, 3.05) is 7.11 Å². The van der Waals surface area contributed by atoms with Crippen molar-refractivity contribution in [1.82, 2.24) is 14.7 Å². The van der Waals surface area contributed by atoms with Gasteiger partial charge in [0, 0.05) is 29.6 Å². The van der Waals surface area contributed by atoms with Crippen molar-refractivity contribution in [3.05, 3.63) is 65.5 Å². The molecule has 0 aliphatic rings. The van der Waals surface area contributed by atoms with Crippen LogP contribution in [-0.2, 0) is 6.42 Å². The van der Waals surface area contributed by atoms with Gasteiger partial charge in [-0.1, -0.05) is 32.0 Å². The molecule has 0 spiro atoms. The molecule has 152 valence electrons. The maximum absolute atomic E-state index is 12.4. The maximum Gasteiger partial charge on any atom is 0.298 e. The minimum absolute atomic E-state index is 0.0920. The highest BCUT2D eigenvalue weighted by Gasteiger charge is 2.14. The molecule has 6 nitrogen and oxygen atoms in total. The fourth-order valence-corrected chi connectivity index (χ4v) is 3.14. The maximum atomic E-state index is 12.4. The van der Waals surface area contributed by atoms with Crippen LogP contribution in [0.3, 0.4) is 0 Å². The van der Waals surface area contributed by atoms with Crippen molar-refractivity contribution in [2.45, 2.75) is 33.2 Å². The molecule has 0 radical (unpaired) electrons. The Hall–Kier alpha value is -2.93. The Balaban J connectivity index is 1.65. The third kappa shape index (κ3) is 5.77. The van der Waals surface area contributed by atoms with Gasteiger partial charge < -0.3 is 14.8 Å². The first kappa shape index (κ1) is 20.8. The number of rotatable bonds is 8. The molecule has 0 saturated carbocycles. The zero-order chi connectivity index (χ0) is 20.8. The van der Waals surface area contributed by atoms with Crippen LogP contribution < -0.4 is 14.8 Å². The molecule has 7 heteroatoms. The van der Waals surface area contributed by atoms with E-state index in [9.17, 15) is 4.79 Å². The number of nitrogens with zero attached hydrogens (tertiary/aromatic N) is 2. The Morgan fingerprint density at radius 2 is 1.86 bits per heavy atom. The number of benzene rings is 2. The number of nitrogens with one attached hydrogen (secondary N) is 1. The summed E-state index contributed by atoms with van der Waals surface area (Å²) in [5.74, 6) is 2.28. The topological polar surface area (TPSA) is 73.3 Å². The minimum atomic E-state index is -0.118. The third-order valence-corrected chi connectivity index (χ3v) is 5.24. The van der Waals surface area contributed by atoms with E-state index < -0.39 is 0 Å². The van der Waals surface area contributed by atoms with Crippen molar-refractivity contribution in [2.24, 2.45) is 5.92 Å². The van der Waals surface area contributed by atoms with Crippen LogP contribution in [0.25, 0.3) is 0 Å². The molecule has 0 fully saturated rings. The van der Waals surface area contributed by atoms with Crippen LogP contribution in [0.2, 0.25) is 0 Å². The van der Waals surface area contributed by atoms with Crippen LogP contribution in [-0.4, -0.2) is 28.4 Å². The third-order valence-electron chi connectivity index (χ3n) is 4.61. The molecular weight excluding hydrogens is 386 g/mol. The summed E-state index contributed by atoms with van der Waals surface area (Å²) in [5.41, 5.74) is 1.61. The number of carbonyl (C=O) groups excluding carboxylic acids is 1. The van der Waals surface area contributed by atoms with Gasteiger partial charge in [0.2, 0.25) is 0 Å². The predicted octanol–water partition coefficient (Wildman–Crippen LogP) is 4.70. The summed E-state index contributed by atoms with van der Waals surface area (Å²) in [6, 6.07) is 15.0. The number of carbonyl (C=O) groups is 1. The van der Waals surface area contributed by atoms with Crippen molar-refractivity contribution in [1.29, 1.82) is 0 Å². The van der Waals surface area contributed by atoms with Crippen LogP contribution in [0.15, 0.2) is 48.5 Å².